The summed E-state index contributed by atoms with van der Waals surface area (Å²) in [6, 6.07) is -0.342. The Bertz CT molecular complexity index is 775. The molecule has 0 radical (unpaired) electrons. The standard InChI is InChI=1S/C18H27N7O/c1-23-16-14(11-22-23)17(21-12-20-16)24-7-9-25(10-8-24)18(26)15(19)13-5-3-2-4-6-13/h11-13,15H,2-10,19H2,1H3/t15-/m1/s1. The Morgan fingerprint density at radius 1 is 1.15 bits per heavy atom. The molecule has 0 unspecified atom stereocenters. The molecule has 140 valence electrons. The van der Waals surface area contributed by atoms with E-state index in [4.69, 9.17) is 5.73 Å². The van der Waals surface area contributed by atoms with E-state index < -0.39 is 0 Å². The summed E-state index contributed by atoms with van der Waals surface area (Å²) in [6.07, 6.45) is 9.25. The molecule has 2 N–H and O–H groups in total. The van der Waals surface area contributed by atoms with E-state index in [-0.39, 0.29) is 11.9 Å². The number of amides is 1. The van der Waals surface area contributed by atoms with Crippen LogP contribution >= 0.6 is 0 Å². The van der Waals surface area contributed by atoms with Crippen LogP contribution in [0.25, 0.3) is 11.0 Å². The third kappa shape index (κ3) is 3.13. The molecule has 1 aliphatic heterocycles. The van der Waals surface area contributed by atoms with Gasteiger partial charge in [-0.15, -0.1) is 0 Å². The van der Waals surface area contributed by atoms with Gasteiger partial charge in [-0.25, -0.2) is 9.97 Å². The summed E-state index contributed by atoms with van der Waals surface area (Å²) in [6.45, 7) is 2.88. The first-order valence-corrected chi connectivity index (χ1v) is 9.57. The predicted octanol–water partition coefficient (Wildman–Crippen LogP) is 0.919. The van der Waals surface area contributed by atoms with Gasteiger partial charge in [0.05, 0.1) is 17.6 Å². The highest BCUT2D eigenvalue weighted by Gasteiger charge is 2.31. The van der Waals surface area contributed by atoms with Crippen molar-refractivity contribution in [1.29, 1.82) is 0 Å². The molecular weight excluding hydrogens is 330 g/mol. The van der Waals surface area contributed by atoms with Gasteiger partial charge in [-0.3, -0.25) is 9.48 Å². The SMILES string of the molecule is Cn1ncc2c(N3CCN(C(=O)[C@H](N)C4CCCCC4)CC3)ncnc21. The van der Waals surface area contributed by atoms with Crippen LogP contribution in [0.3, 0.4) is 0 Å². The van der Waals surface area contributed by atoms with Crippen LogP contribution in [0.2, 0.25) is 0 Å². The summed E-state index contributed by atoms with van der Waals surface area (Å²) in [7, 11) is 1.88. The monoisotopic (exact) mass is 357 g/mol. The molecule has 8 heteroatoms. The average Bonchev–Trinajstić information content (AvgIpc) is 3.09. The van der Waals surface area contributed by atoms with Gasteiger partial charge in [0.2, 0.25) is 5.91 Å². The van der Waals surface area contributed by atoms with E-state index in [0.29, 0.717) is 19.0 Å². The number of rotatable bonds is 3. The molecule has 4 rings (SSSR count). The summed E-state index contributed by atoms with van der Waals surface area (Å²) in [5.41, 5.74) is 7.14. The molecule has 3 heterocycles. The van der Waals surface area contributed by atoms with Gasteiger partial charge in [0.25, 0.3) is 0 Å². The van der Waals surface area contributed by atoms with Crippen LogP contribution in [0, 0.1) is 5.92 Å². The first-order chi connectivity index (χ1) is 12.6. The van der Waals surface area contributed by atoms with Crippen molar-refractivity contribution in [2.45, 2.75) is 38.1 Å². The molecule has 2 fully saturated rings. The zero-order chi connectivity index (χ0) is 18.1. The molecule has 1 amide bonds. The van der Waals surface area contributed by atoms with E-state index in [9.17, 15) is 4.79 Å². The van der Waals surface area contributed by atoms with Gasteiger partial charge in [-0.2, -0.15) is 5.10 Å². The van der Waals surface area contributed by atoms with E-state index in [1.165, 1.54) is 19.3 Å². The smallest absolute Gasteiger partial charge is 0.239 e. The largest absolute Gasteiger partial charge is 0.352 e. The molecule has 2 aliphatic rings. The Hall–Kier alpha value is -2.22. The molecule has 1 atom stereocenters. The lowest BCUT2D eigenvalue weighted by Gasteiger charge is -2.38. The third-order valence-electron chi connectivity index (χ3n) is 5.84. The summed E-state index contributed by atoms with van der Waals surface area (Å²) in [4.78, 5) is 25.7. The fraction of sp³-hybridized carbons (Fsp3) is 0.667. The lowest BCUT2D eigenvalue weighted by atomic mass is 9.83. The Morgan fingerprint density at radius 2 is 1.88 bits per heavy atom. The van der Waals surface area contributed by atoms with Crippen LogP contribution in [0.4, 0.5) is 5.82 Å². The van der Waals surface area contributed by atoms with Gasteiger partial charge < -0.3 is 15.5 Å². The number of carbonyl (C=O) groups is 1. The number of nitrogens with zero attached hydrogens (tertiary/aromatic N) is 6. The molecule has 0 bridgehead atoms. The van der Waals surface area contributed by atoms with Crippen LogP contribution < -0.4 is 10.6 Å². The number of piperazine rings is 1. The molecular formula is C18H27N7O. The molecule has 1 aliphatic carbocycles. The number of hydrogen-bond donors (Lipinski definition) is 1. The molecule has 1 saturated carbocycles. The quantitative estimate of drug-likeness (QED) is 0.878. The fourth-order valence-corrected chi connectivity index (χ4v) is 4.25. The summed E-state index contributed by atoms with van der Waals surface area (Å²) in [5, 5.41) is 5.23. The third-order valence-corrected chi connectivity index (χ3v) is 5.84. The predicted molar refractivity (Wildman–Crippen MR) is 99.6 cm³/mol. The normalized spacial score (nSPS) is 20.5. The second kappa shape index (κ2) is 7.19. The van der Waals surface area contributed by atoms with Crippen molar-refractivity contribution in [1.82, 2.24) is 24.6 Å². The summed E-state index contributed by atoms with van der Waals surface area (Å²) < 4.78 is 1.75. The zero-order valence-electron chi connectivity index (χ0n) is 15.3. The lowest BCUT2D eigenvalue weighted by molar-refractivity contribution is -0.134. The molecule has 26 heavy (non-hydrogen) atoms. The van der Waals surface area contributed by atoms with Gasteiger partial charge >= 0.3 is 0 Å². The maximum Gasteiger partial charge on any atom is 0.239 e. The van der Waals surface area contributed by atoms with E-state index in [1.54, 1.807) is 17.2 Å². The van der Waals surface area contributed by atoms with Gasteiger partial charge in [0.1, 0.15) is 12.1 Å². The zero-order valence-corrected chi connectivity index (χ0v) is 15.3. The van der Waals surface area contributed by atoms with Crippen molar-refractivity contribution in [2.24, 2.45) is 18.7 Å². The number of aromatic nitrogens is 4. The van der Waals surface area contributed by atoms with Crippen LogP contribution in [-0.2, 0) is 11.8 Å². The highest BCUT2D eigenvalue weighted by molar-refractivity contribution is 5.87. The Kier molecular flexibility index (Phi) is 4.76. The second-order valence-corrected chi connectivity index (χ2v) is 7.44. The lowest BCUT2D eigenvalue weighted by Crippen LogP contribution is -2.55. The Labute approximate surface area is 153 Å². The van der Waals surface area contributed by atoms with E-state index in [2.05, 4.69) is 20.0 Å². The molecule has 0 spiro atoms. The van der Waals surface area contributed by atoms with Crippen molar-refractivity contribution in [3.05, 3.63) is 12.5 Å². The van der Waals surface area contributed by atoms with Gasteiger partial charge in [-0.1, -0.05) is 19.3 Å². The summed E-state index contributed by atoms with van der Waals surface area (Å²) in [5.74, 6) is 1.36. The maximum atomic E-state index is 12.8. The van der Waals surface area contributed by atoms with Crippen molar-refractivity contribution in [3.8, 4) is 0 Å². The number of nitrogens with two attached hydrogens (primary N) is 1. The first kappa shape index (κ1) is 17.2. The molecule has 1 saturated heterocycles. The number of carbonyl (C=O) groups excluding carboxylic acids is 1. The van der Waals surface area contributed by atoms with Crippen molar-refractivity contribution in [3.63, 3.8) is 0 Å². The molecule has 2 aromatic rings. The maximum absolute atomic E-state index is 12.8. The second-order valence-electron chi connectivity index (χ2n) is 7.44. The topological polar surface area (TPSA) is 93.2 Å². The van der Waals surface area contributed by atoms with Gasteiger partial charge in [0.15, 0.2) is 5.65 Å². The number of anilines is 1. The molecule has 0 aromatic carbocycles. The van der Waals surface area contributed by atoms with E-state index >= 15 is 0 Å². The van der Waals surface area contributed by atoms with Crippen LogP contribution in [0.5, 0.6) is 0 Å². The van der Waals surface area contributed by atoms with Crippen molar-refractivity contribution in [2.75, 3.05) is 31.1 Å². The highest BCUT2D eigenvalue weighted by atomic mass is 16.2. The van der Waals surface area contributed by atoms with Crippen LogP contribution in [0.15, 0.2) is 12.5 Å². The fourth-order valence-electron chi connectivity index (χ4n) is 4.25. The molecule has 2 aromatic heterocycles. The summed E-state index contributed by atoms with van der Waals surface area (Å²) >= 11 is 0. The number of hydrogen-bond acceptors (Lipinski definition) is 6. The van der Waals surface area contributed by atoms with Crippen LogP contribution in [0.1, 0.15) is 32.1 Å². The van der Waals surface area contributed by atoms with Gasteiger partial charge in [-0.05, 0) is 18.8 Å². The van der Waals surface area contributed by atoms with Crippen molar-refractivity contribution >= 4 is 22.8 Å². The number of fused-ring (bicyclic) bond motifs is 1. The van der Waals surface area contributed by atoms with Gasteiger partial charge in [0, 0.05) is 33.2 Å². The Balaban J connectivity index is 1.41. The van der Waals surface area contributed by atoms with Crippen molar-refractivity contribution < 1.29 is 4.79 Å². The first-order valence-electron chi connectivity index (χ1n) is 9.57. The minimum atomic E-state index is -0.342. The Morgan fingerprint density at radius 3 is 2.62 bits per heavy atom. The van der Waals surface area contributed by atoms with E-state index in [0.717, 1.165) is 42.8 Å². The average molecular weight is 357 g/mol. The van der Waals surface area contributed by atoms with Crippen LogP contribution in [-0.4, -0.2) is 62.8 Å². The minimum absolute atomic E-state index is 0.116. The van der Waals surface area contributed by atoms with E-state index in [1.807, 2.05) is 11.9 Å². The number of aryl methyl sites for hydroxylation is 1. The minimum Gasteiger partial charge on any atom is -0.352 e. The molecule has 8 nitrogen and oxygen atoms in total. The highest BCUT2D eigenvalue weighted by Crippen LogP contribution is 2.27.